The normalized spacial score (nSPS) is 10.7. The maximum atomic E-state index is 12.7. The van der Waals surface area contributed by atoms with Gasteiger partial charge in [0.05, 0.1) is 6.54 Å². The summed E-state index contributed by atoms with van der Waals surface area (Å²) in [5, 5.41) is 17.3. The number of hydrogen-bond acceptors (Lipinski definition) is 7. The summed E-state index contributed by atoms with van der Waals surface area (Å²) in [6.45, 7) is 1.66. The van der Waals surface area contributed by atoms with Gasteiger partial charge in [0, 0.05) is 23.9 Å². The highest BCUT2D eigenvalue weighted by Crippen LogP contribution is 2.23. The number of pyridine rings is 1. The lowest BCUT2D eigenvalue weighted by molar-refractivity contribution is -0.137. The monoisotopic (exact) mass is 487 g/mol. The highest BCUT2D eigenvalue weighted by molar-refractivity contribution is 5.99. The number of para-hydroxylation sites is 2. The van der Waals surface area contributed by atoms with E-state index in [4.69, 9.17) is 9.52 Å². The van der Waals surface area contributed by atoms with Crippen molar-refractivity contribution in [3.05, 3.63) is 77.5 Å². The van der Waals surface area contributed by atoms with Crippen LogP contribution in [0.3, 0.4) is 0 Å². The molecule has 2 heterocycles. The topological polar surface area (TPSA) is 146 Å². The quantitative estimate of drug-likeness (QED) is 0.263. The van der Waals surface area contributed by atoms with Gasteiger partial charge in [-0.15, -0.1) is 0 Å². The summed E-state index contributed by atoms with van der Waals surface area (Å²) in [5.74, 6) is -1.54. The Hall–Kier alpha value is -4.73. The van der Waals surface area contributed by atoms with Crippen molar-refractivity contribution >= 4 is 46.4 Å². The molecule has 10 heteroatoms. The molecule has 0 saturated heterocycles. The van der Waals surface area contributed by atoms with E-state index in [0.717, 1.165) is 5.56 Å². The first-order chi connectivity index (χ1) is 17.4. The van der Waals surface area contributed by atoms with Gasteiger partial charge in [-0.25, -0.2) is 4.98 Å². The average Bonchev–Trinajstić information content (AvgIpc) is 3.28. The van der Waals surface area contributed by atoms with E-state index in [1.165, 1.54) is 0 Å². The van der Waals surface area contributed by atoms with Gasteiger partial charge in [0.2, 0.25) is 5.91 Å². The standard InChI is InChI=1S/C26H25N5O5/c1-2-16-12-13-27-24(19(16)10-11-23(33)34)31-22(32)15-28-25(35)17-6-5-7-18(14-17)29-26-30-20-8-3-4-9-21(20)36-26/h3-9,12-14H,2,10-11,15H2,1H3,(H,28,35)(H,29,30)(H,33,34)(H,27,31,32). The van der Waals surface area contributed by atoms with Crippen LogP contribution in [-0.4, -0.2) is 39.4 Å². The number of oxazole rings is 1. The predicted molar refractivity (Wildman–Crippen MR) is 134 cm³/mol. The lowest BCUT2D eigenvalue weighted by atomic mass is 10.0. The van der Waals surface area contributed by atoms with E-state index in [1.54, 1.807) is 36.5 Å². The molecule has 0 spiro atoms. The zero-order valence-electron chi connectivity index (χ0n) is 19.6. The Labute approximate surface area is 206 Å². The number of fused-ring (bicyclic) bond motifs is 1. The van der Waals surface area contributed by atoms with Crippen LogP contribution in [0.1, 0.15) is 34.8 Å². The molecule has 4 rings (SSSR count). The molecule has 0 aliphatic carbocycles. The molecule has 36 heavy (non-hydrogen) atoms. The van der Waals surface area contributed by atoms with Crippen LogP contribution in [0.25, 0.3) is 11.1 Å². The summed E-state index contributed by atoms with van der Waals surface area (Å²) in [4.78, 5) is 44.7. The maximum absolute atomic E-state index is 12.7. The van der Waals surface area contributed by atoms with E-state index >= 15 is 0 Å². The highest BCUT2D eigenvalue weighted by atomic mass is 16.4. The van der Waals surface area contributed by atoms with Crippen LogP contribution in [-0.2, 0) is 22.4 Å². The molecule has 4 aromatic rings. The first-order valence-electron chi connectivity index (χ1n) is 11.4. The summed E-state index contributed by atoms with van der Waals surface area (Å²) in [6.07, 6.45) is 2.40. The van der Waals surface area contributed by atoms with Gasteiger partial charge in [0.25, 0.3) is 11.9 Å². The van der Waals surface area contributed by atoms with Crippen LogP contribution < -0.4 is 16.0 Å². The fraction of sp³-hybridized carbons (Fsp3) is 0.192. The number of carboxylic acid groups (broad SMARTS) is 1. The van der Waals surface area contributed by atoms with E-state index in [-0.39, 0.29) is 19.4 Å². The van der Waals surface area contributed by atoms with Crippen molar-refractivity contribution in [2.24, 2.45) is 0 Å². The van der Waals surface area contributed by atoms with Gasteiger partial charge in [0.1, 0.15) is 11.3 Å². The number of rotatable bonds is 10. The predicted octanol–water partition coefficient (Wildman–Crippen LogP) is 3.91. The first-order valence-corrected chi connectivity index (χ1v) is 11.4. The lowest BCUT2D eigenvalue weighted by Gasteiger charge is -2.13. The molecule has 10 nitrogen and oxygen atoms in total. The van der Waals surface area contributed by atoms with Crippen molar-refractivity contribution in [2.45, 2.75) is 26.2 Å². The van der Waals surface area contributed by atoms with Crippen LogP contribution >= 0.6 is 0 Å². The second kappa shape index (κ2) is 11.1. The number of aliphatic carboxylic acids is 1. The molecule has 4 N–H and O–H groups in total. The van der Waals surface area contributed by atoms with E-state index in [2.05, 4.69) is 25.9 Å². The highest BCUT2D eigenvalue weighted by Gasteiger charge is 2.15. The molecule has 184 valence electrons. The molecule has 2 aromatic carbocycles. The number of aromatic nitrogens is 2. The minimum absolute atomic E-state index is 0.0772. The lowest BCUT2D eigenvalue weighted by Crippen LogP contribution is -2.33. The van der Waals surface area contributed by atoms with Gasteiger partial charge in [-0.1, -0.05) is 25.1 Å². The van der Waals surface area contributed by atoms with Crippen LogP contribution in [0.2, 0.25) is 0 Å². The molecule has 0 saturated carbocycles. The van der Waals surface area contributed by atoms with Gasteiger partial charge in [-0.2, -0.15) is 4.98 Å². The molecular formula is C26H25N5O5. The van der Waals surface area contributed by atoms with Crippen molar-refractivity contribution in [3.8, 4) is 0 Å². The summed E-state index contributed by atoms with van der Waals surface area (Å²) in [6, 6.07) is 16.2. The van der Waals surface area contributed by atoms with Crippen molar-refractivity contribution in [3.63, 3.8) is 0 Å². The minimum Gasteiger partial charge on any atom is -0.481 e. The summed E-state index contributed by atoms with van der Waals surface area (Å²) in [5.41, 5.74) is 3.89. The van der Waals surface area contributed by atoms with Crippen LogP contribution in [0.5, 0.6) is 0 Å². The Morgan fingerprint density at radius 2 is 1.89 bits per heavy atom. The Morgan fingerprint density at radius 3 is 2.67 bits per heavy atom. The summed E-state index contributed by atoms with van der Waals surface area (Å²) in [7, 11) is 0. The van der Waals surface area contributed by atoms with Gasteiger partial charge < -0.3 is 25.5 Å². The molecule has 0 unspecified atom stereocenters. The van der Waals surface area contributed by atoms with E-state index in [0.29, 0.717) is 46.2 Å². The smallest absolute Gasteiger partial charge is 0.303 e. The molecule has 0 atom stereocenters. The molecular weight excluding hydrogens is 462 g/mol. The Bertz CT molecular complexity index is 1380. The Balaban J connectivity index is 1.37. The Morgan fingerprint density at radius 1 is 1.06 bits per heavy atom. The zero-order valence-corrected chi connectivity index (χ0v) is 19.6. The molecule has 0 aliphatic heterocycles. The largest absolute Gasteiger partial charge is 0.481 e. The zero-order chi connectivity index (χ0) is 25.5. The number of aryl methyl sites for hydroxylation is 1. The van der Waals surface area contributed by atoms with Crippen LogP contribution in [0.4, 0.5) is 17.5 Å². The molecule has 0 bridgehead atoms. The number of hydrogen-bond donors (Lipinski definition) is 4. The number of carboxylic acids is 1. The first kappa shape index (κ1) is 24.4. The van der Waals surface area contributed by atoms with Crippen molar-refractivity contribution in [2.75, 3.05) is 17.2 Å². The molecule has 2 aromatic heterocycles. The van der Waals surface area contributed by atoms with E-state index < -0.39 is 17.8 Å². The van der Waals surface area contributed by atoms with Gasteiger partial charge >= 0.3 is 5.97 Å². The number of carbonyl (C=O) groups excluding carboxylic acids is 2. The van der Waals surface area contributed by atoms with Gasteiger partial charge in [0.15, 0.2) is 5.58 Å². The van der Waals surface area contributed by atoms with Gasteiger partial charge in [-0.05, 0) is 60.4 Å². The van der Waals surface area contributed by atoms with Crippen LogP contribution in [0.15, 0.2) is 65.2 Å². The number of nitrogens with zero attached hydrogens (tertiary/aromatic N) is 2. The third-order valence-corrected chi connectivity index (χ3v) is 5.46. The van der Waals surface area contributed by atoms with Crippen molar-refractivity contribution < 1.29 is 23.9 Å². The number of nitrogens with one attached hydrogen (secondary N) is 3. The van der Waals surface area contributed by atoms with Crippen molar-refractivity contribution in [1.82, 2.24) is 15.3 Å². The molecule has 0 fully saturated rings. The third kappa shape index (κ3) is 6.03. The number of benzene rings is 2. The Kier molecular flexibility index (Phi) is 7.54. The number of amides is 2. The SMILES string of the molecule is CCc1ccnc(NC(=O)CNC(=O)c2cccc(Nc3nc4ccccc4o3)c2)c1CCC(=O)O. The maximum Gasteiger partial charge on any atom is 0.303 e. The average molecular weight is 488 g/mol. The second-order valence-electron chi connectivity index (χ2n) is 7.97. The summed E-state index contributed by atoms with van der Waals surface area (Å²) < 4.78 is 5.65. The third-order valence-electron chi connectivity index (χ3n) is 5.46. The van der Waals surface area contributed by atoms with Crippen molar-refractivity contribution in [1.29, 1.82) is 0 Å². The van der Waals surface area contributed by atoms with Gasteiger partial charge in [-0.3, -0.25) is 14.4 Å². The fourth-order valence-corrected chi connectivity index (χ4v) is 3.71. The fourth-order valence-electron chi connectivity index (χ4n) is 3.71. The number of anilines is 3. The molecule has 2 amide bonds. The molecule has 0 aliphatic rings. The second-order valence-corrected chi connectivity index (χ2v) is 7.97. The number of carbonyl (C=O) groups is 3. The molecule has 0 radical (unpaired) electrons. The van der Waals surface area contributed by atoms with E-state index in [1.807, 2.05) is 31.2 Å². The summed E-state index contributed by atoms with van der Waals surface area (Å²) >= 11 is 0. The minimum atomic E-state index is -0.932. The van der Waals surface area contributed by atoms with E-state index in [9.17, 15) is 14.4 Å². The van der Waals surface area contributed by atoms with Crippen LogP contribution in [0, 0.1) is 0 Å².